The lowest BCUT2D eigenvalue weighted by atomic mass is 10.1. The second kappa shape index (κ2) is 5.34. The summed E-state index contributed by atoms with van der Waals surface area (Å²) in [7, 11) is 0. The van der Waals surface area contributed by atoms with Crippen molar-refractivity contribution in [1.82, 2.24) is 15.3 Å². The third-order valence-electron chi connectivity index (χ3n) is 3.31. The number of piperazine rings is 1. The molecule has 3 N–H and O–H groups in total. The lowest BCUT2D eigenvalue weighted by Crippen LogP contribution is -2.44. The predicted octanol–water partition coefficient (Wildman–Crippen LogP) is 0.552. The van der Waals surface area contributed by atoms with E-state index in [0.29, 0.717) is 11.6 Å². The highest BCUT2D eigenvalue weighted by molar-refractivity contribution is 5.61. The van der Waals surface area contributed by atoms with Gasteiger partial charge in [-0.3, -0.25) is 9.78 Å². The smallest absolute Gasteiger partial charge is 0.252 e. The number of benzene rings is 1. The molecule has 0 spiro atoms. The Morgan fingerprint density at radius 3 is 2.55 bits per heavy atom. The summed E-state index contributed by atoms with van der Waals surface area (Å²) < 4.78 is 0. The fourth-order valence-electron chi connectivity index (χ4n) is 2.25. The Hall–Kier alpha value is -2.34. The number of anilines is 1. The summed E-state index contributed by atoms with van der Waals surface area (Å²) in [5.74, 6) is 0.794. The zero-order valence-electron chi connectivity index (χ0n) is 11.0. The van der Waals surface area contributed by atoms with Gasteiger partial charge in [0.15, 0.2) is 0 Å². The maximum atomic E-state index is 11.8. The summed E-state index contributed by atoms with van der Waals surface area (Å²) >= 11 is 0. The molecule has 20 heavy (non-hydrogen) atoms. The number of H-pyrrole nitrogens is 1. The van der Waals surface area contributed by atoms with E-state index in [4.69, 9.17) is 0 Å². The minimum Gasteiger partial charge on any atom is -0.508 e. The molecule has 0 amide bonds. The Balaban J connectivity index is 1.97. The quantitative estimate of drug-likeness (QED) is 0.744. The summed E-state index contributed by atoms with van der Waals surface area (Å²) in [4.78, 5) is 21.2. The second-order valence-electron chi connectivity index (χ2n) is 4.74. The standard InChI is InChI=1S/C14H16N4O2/c19-11-3-1-10(2-4-11)12-9-13(20)17-14(16-12)18-7-5-15-6-8-18/h1-4,9,15,19H,5-8H2,(H,16,17,20). The number of phenolic OH excluding ortho intramolecular Hbond substituents is 1. The molecular formula is C14H16N4O2. The lowest BCUT2D eigenvalue weighted by molar-refractivity contribution is 0.475. The average molecular weight is 272 g/mol. The Labute approximate surface area is 116 Å². The molecule has 0 saturated carbocycles. The fraction of sp³-hybridized carbons (Fsp3) is 0.286. The minimum atomic E-state index is -0.170. The first-order chi connectivity index (χ1) is 9.72. The molecule has 104 valence electrons. The van der Waals surface area contributed by atoms with Crippen molar-refractivity contribution in [2.75, 3.05) is 31.1 Å². The van der Waals surface area contributed by atoms with Crippen LogP contribution in [0.4, 0.5) is 5.95 Å². The first kappa shape index (κ1) is 12.7. The number of aromatic hydroxyl groups is 1. The molecule has 0 aliphatic carbocycles. The minimum absolute atomic E-state index is 0.170. The van der Waals surface area contributed by atoms with E-state index in [1.54, 1.807) is 24.3 Å². The molecule has 1 saturated heterocycles. The van der Waals surface area contributed by atoms with Crippen LogP contribution in [-0.2, 0) is 0 Å². The fourth-order valence-corrected chi connectivity index (χ4v) is 2.25. The maximum Gasteiger partial charge on any atom is 0.252 e. The zero-order chi connectivity index (χ0) is 13.9. The van der Waals surface area contributed by atoms with Gasteiger partial charge < -0.3 is 15.3 Å². The van der Waals surface area contributed by atoms with Crippen LogP contribution in [0.1, 0.15) is 0 Å². The van der Waals surface area contributed by atoms with Gasteiger partial charge >= 0.3 is 0 Å². The van der Waals surface area contributed by atoms with Gasteiger partial charge in [-0.15, -0.1) is 0 Å². The summed E-state index contributed by atoms with van der Waals surface area (Å²) in [6.45, 7) is 3.41. The molecule has 6 heteroatoms. The highest BCUT2D eigenvalue weighted by Gasteiger charge is 2.14. The highest BCUT2D eigenvalue weighted by atomic mass is 16.3. The van der Waals surface area contributed by atoms with Gasteiger partial charge in [-0.1, -0.05) is 0 Å². The maximum absolute atomic E-state index is 11.8. The molecule has 2 heterocycles. The first-order valence-electron chi connectivity index (χ1n) is 6.59. The van der Waals surface area contributed by atoms with Crippen molar-refractivity contribution in [3.63, 3.8) is 0 Å². The largest absolute Gasteiger partial charge is 0.508 e. The van der Waals surface area contributed by atoms with Crippen LogP contribution in [0.2, 0.25) is 0 Å². The third kappa shape index (κ3) is 2.65. The van der Waals surface area contributed by atoms with Gasteiger partial charge in [-0.25, -0.2) is 4.98 Å². The molecule has 2 aromatic rings. The first-order valence-corrected chi connectivity index (χ1v) is 6.59. The van der Waals surface area contributed by atoms with Crippen LogP contribution in [0, 0.1) is 0 Å². The van der Waals surface area contributed by atoms with Crippen molar-refractivity contribution in [2.45, 2.75) is 0 Å². The second-order valence-corrected chi connectivity index (χ2v) is 4.74. The monoisotopic (exact) mass is 272 g/mol. The molecule has 1 aromatic heterocycles. The van der Waals surface area contributed by atoms with E-state index in [1.165, 1.54) is 6.07 Å². The van der Waals surface area contributed by atoms with E-state index in [9.17, 15) is 9.90 Å². The summed E-state index contributed by atoms with van der Waals surface area (Å²) in [6.07, 6.45) is 0. The van der Waals surface area contributed by atoms with Crippen molar-refractivity contribution in [3.05, 3.63) is 40.7 Å². The lowest BCUT2D eigenvalue weighted by Gasteiger charge is -2.27. The molecule has 1 fully saturated rings. The molecule has 1 aromatic carbocycles. The van der Waals surface area contributed by atoms with Crippen molar-refractivity contribution in [3.8, 4) is 17.0 Å². The molecule has 0 radical (unpaired) electrons. The molecule has 0 atom stereocenters. The van der Waals surface area contributed by atoms with Crippen LogP contribution in [0.15, 0.2) is 35.1 Å². The number of nitrogens with one attached hydrogen (secondary N) is 2. The van der Waals surface area contributed by atoms with Gasteiger partial charge in [0.1, 0.15) is 5.75 Å². The van der Waals surface area contributed by atoms with Crippen LogP contribution in [0.5, 0.6) is 5.75 Å². The number of aromatic amines is 1. The van der Waals surface area contributed by atoms with E-state index >= 15 is 0 Å². The summed E-state index contributed by atoms with van der Waals surface area (Å²) in [5.41, 5.74) is 1.25. The van der Waals surface area contributed by atoms with Crippen LogP contribution in [-0.4, -0.2) is 41.3 Å². The summed E-state index contributed by atoms with van der Waals surface area (Å²) in [5, 5.41) is 12.6. The number of rotatable bonds is 2. The Kier molecular flexibility index (Phi) is 3.39. The summed E-state index contributed by atoms with van der Waals surface area (Å²) in [6, 6.07) is 8.14. The van der Waals surface area contributed by atoms with Crippen LogP contribution < -0.4 is 15.8 Å². The van der Waals surface area contributed by atoms with Crippen molar-refractivity contribution in [2.24, 2.45) is 0 Å². The Morgan fingerprint density at radius 2 is 1.85 bits per heavy atom. The Bertz CT molecular complexity index is 645. The van der Waals surface area contributed by atoms with Gasteiger partial charge in [-0.05, 0) is 24.3 Å². The number of hydrogen-bond acceptors (Lipinski definition) is 5. The van der Waals surface area contributed by atoms with E-state index < -0.39 is 0 Å². The van der Waals surface area contributed by atoms with Crippen LogP contribution in [0.3, 0.4) is 0 Å². The van der Waals surface area contributed by atoms with Gasteiger partial charge in [0.05, 0.1) is 5.69 Å². The molecule has 6 nitrogen and oxygen atoms in total. The Morgan fingerprint density at radius 1 is 1.15 bits per heavy atom. The van der Waals surface area contributed by atoms with E-state index in [1.807, 2.05) is 0 Å². The topological polar surface area (TPSA) is 81.2 Å². The van der Waals surface area contributed by atoms with Gasteiger partial charge in [0.2, 0.25) is 5.95 Å². The number of phenols is 1. The molecule has 1 aliphatic rings. The van der Waals surface area contributed by atoms with Crippen molar-refractivity contribution in [1.29, 1.82) is 0 Å². The van der Waals surface area contributed by atoms with Gasteiger partial charge in [-0.2, -0.15) is 0 Å². The normalized spacial score (nSPS) is 15.3. The number of aromatic nitrogens is 2. The number of nitrogens with zero attached hydrogens (tertiary/aromatic N) is 2. The molecule has 1 aliphatic heterocycles. The third-order valence-corrected chi connectivity index (χ3v) is 3.31. The molecule has 0 unspecified atom stereocenters. The van der Waals surface area contributed by atoms with Crippen LogP contribution in [0.25, 0.3) is 11.3 Å². The van der Waals surface area contributed by atoms with Crippen molar-refractivity contribution < 1.29 is 5.11 Å². The van der Waals surface area contributed by atoms with E-state index in [2.05, 4.69) is 20.2 Å². The molecule has 0 bridgehead atoms. The zero-order valence-corrected chi connectivity index (χ0v) is 11.0. The van der Waals surface area contributed by atoms with Crippen molar-refractivity contribution >= 4 is 5.95 Å². The van der Waals surface area contributed by atoms with Crippen LogP contribution >= 0.6 is 0 Å². The average Bonchev–Trinajstić information content (AvgIpc) is 2.48. The highest BCUT2D eigenvalue weighted by Crippen LogP contribution is 2.20. The van der Waals surface area contributed by atoms with Gasteiger partial charge in [0, 0.05) is 37.8 Å². The van der Waals surface area contributed by atoms with Gasteiger partial charge in [0.25, 0.3) is 5.56 Å². The predicted molar refractivity (Wildman–Crippen MR) is 77.0 cm³/mol. The molecular weight excluding hydrogens is 256 g/mol. The van der Waals surface area contributed by atoms with E-state index in [-0.39, 0.29) is 11.3 Å². The number of hydrogen-bond donors (Lipinski definition) is 3. The SMILES string of the molecule is O=c1cc(-c2ccc(O)cc2)nc(N2CCNCC2)[nH]1. The van der Waals surface area contributed by atoms with E-state index in [0.717, 1.165) is 31.7 Å². The molecule has 3 rings (SSSR count).